The number of rotatable bonds is 11. The number of aryl methyl sites for hydroxylation is 1. The Bertz CT molecular complexity index is 1520. The van der Waals surface area contributed by atoms with Crippen molar-refractivity contribution in [3.8, 4) is 5.75 Å². The monoisotopic (exact) mass is 518 g/mol. The quantitative estimate of drug-likeness (QED) is 0.214. The average Bonchev–Trinajstić information content (AvgIpc) is 3.43. The number of likely N-dealkylation sites (tertiary alicyclic amines) is 1. The highest BCUT2D eigenvalue weighted by molar-refractivity contribution is 5.91. The summed E-state index contributed by atoms with van der Waals surface area (Å²) in [5.74, 6) is 1.74. The Morgan fingerprint density at radius 2 is 1.72 bits per heavy atom. The van der Waals surface area contributed by atoms with Gasteiger partial charge in [0.25, 0.3) is 0 Å². The Hall–Kier alpha value is -4.23. The molecule has 3 heterocycles. The van der Waals surface area contributed by atoms with E-state index in [9.17, 15) is 0 Å². The molecule has 1 aliphatic rings. The number of fused-ring (bicyclic) bond motifs is 2. The predicted molar refractivity (Wildman–Crippen MR) is 158 cm³/mol. The van der Waals surface area contributed by atoms with Crippen molar-refractivity contribution in [3.63, 3.8) is 0 Å². The molecule has 7 heteroatoms. The molecule has 1 fully saturated rings. The van der Waals surface area contributed by atoms with Gasteiger partial charge in [0.15, 0.2) is 0 Å². The molecule has 6 rings (SSSR count). The van der Waals surface area contributed by atoms with Crippen LogP contribution in [0.4, 0.5) is 11.5 Å². The molecule has 3 aromatic carbocycles. The zero-order chi connectivity index (χ0) is 26.3. The molecule has 0 bridgehead atoms. The molecule has 1 aliphatic heterocycles. The van der Waals surface area contributed by atoms with Crippen LogP contribution in [0.2, 0.25) is 0 Å². The van der Waals surface area contributed by atoms with E-state index in [1.165, 1.54) is 5.56 Å². The summed E-state index contributed by atoms with van der Waals surface area (Å²) in [5.41, 5.74) is 4.41. The van der Waals surface area contributed by atoms with E-state index in [-0.39, 0.29) is 6.10 Å². The van der Waals surface area contributed by atoms with E-state index in [0.29, 0.717) is 0 Å². The molecule has 2 N–H and O–H groups in total. The lowest BCUT2D eigenvalue weighted by atomic mass is 10.1. The molecule has 0 spiro atoms. The fourth-order valence-electron chi connectivity index (χ4n) is 5.28. The molecular formula is C32H34N6O. The third-order valence-corrected chi connectivity index (χ3v) is 7.31. The van der Waals surface area contributed by atoms with Gasteiger partial charge in [-0.1, -0.05) is 48.5 Å². The first-order valence-corrected chi connectivity index (χ1v) is 13.8. The van der Waals surface area contributed by atoms with Crippen LogP contribution < -0.4 is 15.4 Å². The van der Waals surface area contributed by atoms with E-state index in [1.54, 1.807) is 6.33 Å². The summed E-state index contributed by atoms with van der Waals surface area (Å²) in [6.45, 7) is 4.68. The molecule has 0 saturated carbocycles. The maximum Gasteiger partial charge on any atom is 0.137 e. The van der Waals surface area contributed by atoms with E-state index in [0.717, 1.165) is 91.0 Å². The summed E-state index contributed by atoms with van der Waals surface area (Å²) >= 11 is 0. The second-order valence-corrected chi connectivity index (χ2v) is 10.0. The number of para-hydroxylation sites is 1. The Morgan fingerprint density at radius 1 is 0.821 bits per heavy atom. The number of ether oxygens (including phenoxy) is 1. The highest BCUT2D eigenvalue weighted by atomic mass is 16.5. The van der Waals surface area contributed by atoms with Gasteiger partial charge in [0, 0.05) is 61.4 Å². The van der Waals surface area contributed by atoms with Crippen molar-refractivity contribution in [1.29, 1.82) is 0 Å². The van der Waals surface area contributed by atoms with E-state index in [1.807, 2.05) is 36.5 Å². The maximum atomic E-state index is 6.37. The molecule has 1 saturated heterocycles. The van der Waals surface area contributed by atoms with E-state index in [4.69, 9.17) is 4.74 Å². The van der Waals surface area contributed by atoms with Gasteiger partial charge < -0.3 is 15.4 Å². The Kier molecular flexibility index (Phi) is 7.77. The SMILES string of the molecule is c1ccc(CCCNc2ncnc3cc(OC4CCN(CCNc5ccnc6ccccc56)C4)ccc23)cc1. The smallest absolute Gasteiger partial charge is 0.137 e. The van der Waals surface area contributed by atoms with Gasteiger partial charge in [0.05, 0.1) is 11.0 Å². The summed E-state index contributed by atoms with van der Waals surface area (Å²) in [7, 11) is 0. The lowest BCUT2D eigenvalue weighted by Crippen LogP contribution is -2.29. The lowest BCUT2D eigenvalue weighted by molar-refractivity contribution is 0.202. The normalized spacial score (nSPS) is 15.5. The first-order valence-electron chi connectivity index (χ1n) is 13.8. The second kappa shape index (κ2) is 12.1. The van der Waals surface area contributed by atoms with Crippen molar-refractivity contribution in [2.75, 3.05) is 43.4 Å². The van der Waals surface area contributed by atoms with Gasteiger partial charge in [-0.05, 0) is 49.1 Å². The summed E-state index contributed by atoms with van der Waals surface area (Å²) in [5, 5.41) is 9.26. The summed E-state index contributed by atoms with van der Waals surface area (Å²) in [6, 6.07) is 27.0. The Balaban J connectivity index is 0.989. The molecule has 0 amide bonds. The zero-order valence-electron chi connectivity index (χ0n) is 22.1. The van der Waals surface area contributed by atoms with E-state index >= 15 is 0 Å². The maximum absolute atomic E-state index is 6.37. The van der Waals surface area contributed by atoms with Crippen molar-refractivity contribution in [3.05, 3.63) is 97.0 Å². The van der Waals surface area contributed by atoms with Gasteiger partial charge in [-0.15, -0.1) is 0 Å². The predicted octanol–water partition coefficient (Wildman–Crippen LogP) is 5.79. The fraction of sp³-hybridized carbons (Fsp3) is 0.281. The topological polar surface area (TPSA) is 75.2 Å². The number of hydrogen-bond donors (Lipinski definition) is 2. The summed E-state index contributed by atoms with van der Waals surface area (Å²) in [6.07, 6.45) is 6.79. The van der Waals surface area contributed by atoms with Crippen LogP contribution in [-0.2, 0) is 6.42 Å². The molecule has 1 unspecified atom stereocenters. The number of nitrogens with zero attached hydrogens (tertiary/aromatic N) is 4. The lowest BCUT2D eigenvalue weighted by Gasteiger charge is -2.18. The summed E-state index contributed by atoms with van der Waals surface area (Å²) < 4.78 is 6.37. The number of pyridine rings is 1. The largest absolute Gasteiger partial charge is 0.489 e. The van der Waals surface area contributed by atoms with Crippen LogP contribution in [-0.4, -0.2) is 58.7 Å². The second-order valence-electron chi connectivity index (χ2n) is 10.0. The van der Waals surface area contributed by atoms with Crippen molar-refractivity contribution in [2.24, 2.45) is 0 Å². The minimum absolute atomic E-state index is 0.182. The first kappa shape index (κ1) is 25.1. The van der Waals surface area contributed by atoms with Crippen LogP contribution in [0.3, 0.4) is 0 Å². The fourth-order valence-corrected chi connectivity index (χ4v) is 5.28. The van der Waals surface area contributed by atoms with Gasteiger partial charge in [-0.2, -0.15) is 0 Å². The minimum Gasteiger partial charge on any atom is -0.489 e. The first-order chi connectivity index (χ1) is 19.3. The molecule has 0 aliphatic carbocycles. The van der Waals surface area contributed by atoms with E-state index in [2.05, 4.69) is 79.0 Å². The number of anilines is 2. The highest BCUT2D eigenvalue weighted by Gasteiger charge is 2.23. The molecule has 198 valence electrons. The molecule has 5 aromatic rings. The van der Waals surface area contributed by atoms with Crippen LogP contribution in [0, 0.1) is 0 Å². The van der Waals surface area contributed by atoms with Gasteiger partial charge in [-0.3, -0.25) is 9.88 Å². The van der Waals surface area contributed by atoms with Crippen LogP contribution in [0.15, 0.2) is 91.4 Å². The van der Waals surface area contributed by atoms with Crippen LogP contribution in [0.5, 0.6) is 5.75 Å². The molecule has 2 aromatic heterocycles. The average molecular weight is 519 g/mol. The standard InChI is InChI=1S/C32H34N6O/c1-2-7-24(8-3-1)9-6-16-35-32-28-13-12-25(21-31(28)36-23-37-32)39-26-15-19-38(22-26)20-18-34-30-14-17-33-29-11-5-4-10-27(29)30/h1-5,7-8,10-14,17,21,23,26H,6,9,15-16,18-20,22H2,(H,33,34)(H,35,36,37). The number of nitrogens with one attached hydrogen (secondary N) is 2. The van der Waals surface area contributed by atoms with Crippen molar-refractivity contribution >= 4 is 33.3 Å². The summed E-state index contributed by atoms with van der Waals surface area (Å²) in [4.78, 5) is 15.9. The van der Waals surface area contributed by atoms with Crippen molar-refractivity contribution in [2.45, 2.75) is 25.4 Å². The third kappa shape index (κ3) is 6.26. The van der Waals surface area contributed by atoms with Gasteiger partial charge >= 0.3 is 0 Å². The van der Waals surface area contributed by atoms with Crippen LogP contribution >= 0.6 is 0 Å². The minimum atomic E-state index is 0.182. The third-order valence-electron chi connectivity index (χ3n) is 7.31. The van der Waals surface area contributed by atoms with Crippen LogP contribution in [0.25, 0.3) is 21.8 Å². The molecule has 39 heavy (non-hydrogen) atoms. The molecular weight excluding hydrogens is 484 g/mol. The van der Waals surface area contributed by atoms with Gasteiger partial charge in [0.2, 0.25) is 0 Å². The van der Waals surface area contributed by atoms with Crippen molar-refractivity contribution < 1.29 is 4.74 Å². The molecule has 0 radical (unpaired) electrons. The van der Waals surface area contributed by atoms with E-state index < -0.39 is 0 Å². The molecule has 1 atom stereocenters. The zero-order valence-corrected chi connectivity index (χ0v) is 22.1. The van der Waals surface area contributed by atoms with Gasteiger partial charge in [-0.25, -0.2) is 9.97 Å². The highest BCUT2D eigenvalue weighted by Crippen LogP contribution is 2.26. The number of benzene rings is 3. The Labute approximate surface area is 229 Å². The van der Waals surface area contributed by atoms with Gasteiger partial charge in [0.1, 0.15) is 24.0 Å². The molecule has 7 nitrogen and oxygen atoms in total. The van der Waals surface area contributed by atoms with Crippen LogP contribution in [0.1, 0.15) is 18.4 Å². The number of hydrogen-bond acceptors (Lipinski definition) is 7. The Morgan fingerprint density at radius 3 is 2.67 bits per heavy atom. The number of aromatic nitrogens is 3. The van der Waals surface area contributed by atoms with Crippen molar-refractivity contribution in [1.82, 2.24) is 19.9 Å².